The van der Waals surface area contributed by atoms with Crippen molar-refractivity contribution >= 4 is 11.9 Å². The number of urea groups is 1. The van der Waals surface area contributed by atoms with Gasteiger partial charge in [-0.05, 0) is 43.4 Å². The highest BCUT2D eigenvalue weighted by Crippen LogP contribution is 2.31. The lowest BCUT2D eigenvalue weighted by atomic mass is 9.82. The highest BCUT2D eigenvalue weighted by Gasteiger charge is 2.40. The molecule has 2 aliphatic heterocycles. The third-order valence-corrected chi connectivity index (χ3v) is 7.38. The third kappa shape index (κ3) is 7.31. The van der Waals surface area contributed by atoms with Gasteiger partial charge in [0.15, 0.2) is 0 Å². The average Bonchev–Trinajstić information content (AvgIpc) is 2.78. The highest BCUT2D eigenvalue weighted by molar-refractivity contribution is 5.88. The first-order valence-corrected chi connectivity index (χ1v) is 12.7. The van der Waals surface area contributed by atoms with Gasteiger partial charge in [-0.1, -0.05) is 40.5 Å². The molecule has 3 atom stereocenters. The van der Waals surface area contributed by atoms with Crippen molar-refractivity contribution < 1.29 is 14.3 Å². The number of rotatable bonds is 5. The number of ether oxygens (including phenoxy) is 1. The second-order valence-corrected chi connectivity index (χ2v) is 11.5. The summed E-state index contributed by atoms with van der Waals surface area (Å²) < 4.78 is 5.33. The van der Waals surface area contributed by atoms with E-state index in [1.807, 2.05) is 0 Å². The van der Waals surface area contributed by atoms with Gasteiger partial charge in [0.2, 0.25) is 5.91 Å². The van der Waals surface area contributed by atoms with E-state index in [-0.39, 0.29) is 17.4 Å². The molecule has 3 amide bonds. The van der Waals surface area contributed by atoms with Crippen molar-refractivity contribution in [3.63, 3.8) is 0 Å². The van der Waals surface area contributed by atoms with Crippen molar-refractivity contribution in [3.05, 3.63) is 0 Å². The second-order valence-electron chi connectivity index (χ2n) is 11.5. The molecule has 1 saturated carbocycles. The summed E-state index contributed by atoms with van der Waals surface area (Å²) in [6, 6.07) is 2.10. The molecule has 33 heavy (non-hydrogen) atoms. The first-order chi connectivity index (χ1) is 15.6. The molecule has 186 valence electrons. The molecule has 3 rings (SSSR count). The lowest BCUT2D eigenvalue weighted by molar-refractivity contribution is -0.125. The number of nitrogens with one attached hydrogen (secondary N) is 2. The molecule has 3 aliphatic rings. The minimum absolute atomic E-state index is 0.152. The number of carbonyl (C=O) groups excluding carboxylic acids is 2. The summed E-state index contributed by atoms with van der Waals surface area (Å²) in [7, 11) is 0. The van der Waals surface area contributed by atoms with Gasteiger partial charge >= 0.3 is 6.03 Å². The van der Waals surface area contributed by atoms with Gasteiger partial charge in [0.25, 0.3) is 0 Å². The largest absolute Gasteiger partial charge is 0.378 e. The highest BCUT2D eigenvalue weighted by atomic mass is 16.5. The van der Waals surface area contributed by atoms with Crippen molar-refractivity contribution in [2.45, 2.75) is 90.3 Å². The zero-order valence-electron chi connectivity index (χ0n) is 21.0. The smallest absolute Gasteiger partial charge is 0.318 e. The standard InChI is InChI=1S/C25H43N5O3/c1-19-6-5-7-20(16-19)29-10-8-25(18-26,9-11-29)28-22(31)21(17-24(2,3)4)27-23(32)30-12-14-33-15-13-30/h19-21H,5-17H2,1-4H3,(H,27,32)(H,28,31). The summed E-state index contributed by atoms with van der Waals surface area (Å²) in [5.74, 6) is 0.507. The van der Waals surface area contributed by atoms with E-state index in [0.717, 1.165) is 19.0 Å². The SMILES string of the molecule is CC1CCCC(N2CCC(C#N)(NC(=O)C(CC(C)(C)C)NC(=O)N3CCOCC3)CC2)C1. The van der Waals surface area contributed by atoms with Crippen molar-refractivity contribution in [2.24, 2.45) is 11.3 Å². The minimum Gasteiger partial charge on any atom is -0.378 e. The average molecular weight is 462 g/mol. The Morgan fingerprint density at radius 3 is 2.39 bits per heavy atom. The van der Waals surface area contributed by atoms with Gasteiger partial charge in [-0.2, -0.15) is 5.26 Å². The van der Waals surface area contributed by atoms with E-state index in [0.29, 0.717) is 51.6 Å². The van der Waals surface area contributed by atoms with Gasteiger partial charge in [0.1, 0.15) is 11.6 Å². The number of hydrogen-bond donors (Lipinski definition) is 2. The molecule has 0 aromatic rings. The van der Waals surface area contributed by atoms with Gasteiger partial charge in [-0.3, -0.25) is 4.79 Å². The minimum atomic E-state index is -0.867. The molecule has 2 heterocycles. The van der Waals surface area contributed by atoms with E-state index in [2.05, 4.69) is 49.3 Å². The van der Waals surface area contributed by atoms with Crippen LogP contribution in [0.5, 0.6) is 0 Å². The molecule has 2 saturated heterocycles. The van der Waals surface area contributed by atoms with Crippen LogP contribution >= 0.6 is 0 Å². The Balaban J connectivity index is 1.61. The fourth-order valence-electron chi connectivity index (χ4n) is 5.42. The van der Waals surface area contributed by atoms with E-state index in [4.69, 9.17) is 4.74 Å². The number of morpholine rings is 1. The number of carbonyl (C=O) groups is 2. The maximum atomic E-state index is 13.4. The molecule has 0 radical (unpaired) electrons. The molecule has 2 N–H and O–H groups in total. The Hall–Kier alpha value is -1.85. The van der Waals surface area contributed by atoms with E-state index < -0.39 is 11.6 Å². The monoisotopic (exact) mass is 461 g/mol. The first-order valence-electron chi connectivity index (χ1n) is 12.7. The van der Waals surface area contributed by atoms with Crippen LogP contribution in [0.1, 0.15) is 72.6 Å². The number of nitrogens with zero attached hydrogens (tertiary/aromatic N) is 3. The first kappa shape index (κ1) is 25.8. The molecule has 0 aromatic heterocycles. The van der Waals surface area contributed by atoms with E-state index in [1.165, 1.54) is 25.7 Å². The Morgan fingerprint density at radius 2 is 1.82 bits per heavy atom. The van der Waals surface area contributed by atoms with Crippen molar-refractivity contribution in [1.29, 1.82) is 5.26 Å². The summed E-state index contributed by atoms with van der Waals surface area (Å²) in [5.41, 5.74) is -1.02. The van der Waals surface area contributed by atoms with Crippen molar-refractivity contribution in [1.82, 2.24) is 20.4 Å². The van der Waals surface area contributed by atoms with Crippen LogP contribution in [0.4, 0.5) is 4.79 Å². The lowest BCUT2D eigenvalue weighted by Gasteiger charge is -2.44. The van der Waals surface area contributed by atoms with Crippen LogP contribution in [0.15, 0.2) is 0 Å². The maximum Gasteiger partial charge on any atom is 0.318 e. The summed E-state index contributed by atoms with van der Waals surface area (Å²) in [5, 5.41) is 16.0. The number of piperidine rings is 1. The Labute approximate surface area is 199 Å². The summed E-state index contributed by atoms with van der Waals surface area (Å²) >= 11 is 0. The molecule has 3 fully saturated rings. The van der Waals surface area contributed by atoms with Gasteiger partial charge in [-0.25, -0.2) is 4.79 Å². The topological polar surface area (TPSA) is 97.7 Å². The van der Waals surface area contributed by atoms with Crippen molar-refractivity contribution in [2.75, 3.05) is 39.4 Å². The molecule has 8 nitrogen and oxygen atoms in total. The maximum absolute atomic E-state index is 13.4. The summed E-state index contributed by atoms with van der Waals surface area (Å²) in [6.07, 6.45) is 6.81. The molecule has 0 bridgehead atoms. The fourth-order valence-corrected chi connectivity index (χ4v) is 5.42. The predicted octanol–water partition coefficient (Wildman–Crippen LogP) is 2.89. The summed E-state index contributed by atoms with van der Waals surface area (Å²) in [6.45, 7) is 12.2. The molecule has 0 aromatic carbocycles. The lowest BCUT2D eigenvalue weighted by Crippen LogP contribution is -2.61. The normalized spacial score (nSPS) is 27.3. The van der Waals surface area contributed by atoms with Crippen LogP contribution in [0.25, 0.3) is 0 Å². The van der Waals surface area contributed by atoms with Crippen LogP contribution in [-0.4, -0.2) is 78.8 Å². The Bertz CT molecular complexity index is 715. The predicted molar refractivity (Wildman–Crippen MR) is 127 cm³/mol. The quantitative estimate of drug-likeness (QED) is 0.656. The molecule has 1 aliphatic carbocycles. The van der Waals surface area contributed by atoms with E-state index in [9.17, 15) is 14.9 Å². The van der Waals surface area contributed by atoms with Gasteiger partial charge in [0, 0.05) is 32.2 Å². The van der Waals surface area contributed by atoms with Crippen LogP contribution < -0.4 is 10.6 Å². The number of amides is 3. The van der Waals surface area contributed by atoms with Gasteiger partial charge < -0.3 is 25.2 Å². The van der Waals surface area contributed by atoms with Crippen LogP contribution in [0.2, 0.25) is 0 Å². The fraction of sp³-hybridized carbons (Fsp3) is 0.880. The zero-order valence-corrected chi connectivity index (χ0v) is 21.0. The molecule has 0 spiro atoms. The molecular weight excluding hydrogens is 418 g/mol. The van der Waals surface area contributed by atoms with Crippen molar-refractivity contribution in [3.8, 4) is 6.07 Å². The van der Waals surface area contributed by atoms with Gasteiger partial charge in [0.05, 0.1) is 19.3 Å². The molecule has 8 heteroatoms. The third-order valence-electron chi connectivity index (χ3n) is 7.38. The number of likely N-dealkylation sites (tertiary alicyclic amines) is 1. The molecule has 3 unspecified atom stereocenters. The zero-order chi connectivity index (χ0) is 24.1. The van der Waals surface area contributed by atoms with E-state index >= 15 is 0 Å². The number of hydrogen-bond acceptors (Lipinski definition) is 5. The summed E-state index contributed by atoms with van der Waals surface area (Å²) in [4.78, 5) is 30.4. The van der Waals surface area contributed by atoms with Crippen LogP contribution in [0.3, 0.4) is 0 Å². The Morgan fingerprint density at radius 1 is 1.15 bits per heavy atom. The molecular formula is C25H43N5O3. The van der Waals surface area contributed by atoms with Crippen LogP contribution in [-0.2, 0) is 9.53 Å². The van der Waals surface area contributed by atoms with Gasteiger partial charge in [-0.15, -0.1) is 0 Å². The number of nitriles is 1. The second kappa shape index (κ2) is 11.1. The van der Waals surface area contributed by atoms with Crippen LogP contribution in [0, 0.1) is 22.7 Å². The van der Waals surface area contributed by atoms with E-state index in [1.54, 1.807) is 4.90 Å². The Kier molecular flexibility index (Phi) is 8.63.